The molecule has 0 saturated carbocycles. The number of rotatable bonds is 7. The van der Waals surface area contributed by atoms with Gasteiger partial charge in [0.1, 0.15) is 22.1 Å². The van der Waals surface area contributed by atoms with Crippen molar-refractivity contribution in [1.82, 2.24) is 9.38 Å². The van der Waals surface area contributed by atoms with Gasteiger partial charge in [-0.05, 0) is 86.7 Å². The summed E-state index contributed by atoms with van der Waals surface area (Å²) in [5.74, 6) is 0.975. The molecule has 4 aromatic rings. The summed E-state index contributed by atoms with van der Waals surface area (Å²) in [7, 11) is -4.08. The monoisotopic (exact) mass is 525 g/mol. The number of hydrogen-bond acceptors (Lipinski definition) is 5. The number of benzene rings is 2. The molecule has 0 aliphatic carbocycles. The van der Waals surface area contributed by atoms with Gasteiger partial charge >= 0.3 is 10.1 Å². The van der Waals surface area contributed by atoms with Crippen LogP contribution in [0, 0.1) is 12.3 Å². The zero-order valence-corrected chi connectivity index (χ0v) is 23.0. The number of aryl methyl sites for hydroxylation is 1. The van der Waals surface area contributed by atoms with E-state index < -0.39 is 10.1 Å². The van der Waals surface area contributed by atoms with E-state index in [1.165, 1.54) is 24.3 Å². The van der Waals surface area contributed by atoms with Crippen molar-refractivity contribution >= 4 is 33.2 Å². The molecule has 0 aliphatic rings. The van der Waals surface area contributed by atoms with E-state index >= 15 is 0 Å². The largest absolute Gasteiger partial charge is 0.378 e. The Balaban J connectivity index is 1.83. The van der Waals surface area contributed by atoms with Gasteiger partial charge in [-0.3, -0.25) is 4.40 Å². The SMILES string of the molecule is Cc1ccn2c(NC(C)(C)CC(C)(C)C)c(-c3ccccc3OS(=O)(=O)c3ccc(Cl)cc3)nc2c1. The van der Waals surface area contributed by atoms with Crippen molar-refractivity contribution in [3.05, 3.63) is 77.4 Å². The number of anilines is 1. The van der Waals surface area contributed by atoms with Crippen LogP contribution in [0.3, 0.4) is 0 Å². The fraction of sp³-hybridized carbons (Fsp3) is 0.321. The van der Waals surface area contributed by atoms with E-state index in [9.17, 15) is 8.42 Å². The van der Waals surface area contributed by atoms with Crippen molar-refractivity contribution in [2.45, 2.75) is 58.4 Å². The highest BCUT2D eigenvalue weighted by atomic mass is 35.5. The van der Waals surface area contributed by atoms with Crippen LogP contribution >= 0.6 is 11.6 Å². The first-order valence-electron chi connectivity index (χ1n) is 11.8. The van der Waals surface area contributed by atoms with E-state index in [1.54, 1.807) is 12.1 Å². The van der Waals surface area contributed by atoms with Gasteiger partial charge in [0.2, 0.25) is 0 Å². The standard InChI is InChI=1S/C28H32ClN3O3S/c1-19-15-16-32-24(17-19)30-25(26(32)31-28(5,6)18-27(2,3)4)22-9-7-8-10-23(22)35-36(33,34)21-13-11-20(29)12-14-21/h7-17,31H,18H2,1-6H3. The predicted octanol–water partition coefficient (Wildman–Crippen LogP) is 7.36. The van der Waals surface area contributed by atoms with Crippen LogP contribution in [0.5, 0.6) is 5.75 Å². The zero-order valence-electron chi connectivity index (χ0n) is 21.5. The third kappa shape index (κ3) is 5.85. The van der Waals surface area contributed by atoms with E-state index in [1.807, 2.05) is 41.8 Å². The Hall–Kier alpha value is -3.03. The fourth-order valence-corrected chi connectivity index (χ4v) is 5.72. The summed E-state index contributed by atoms with van der Waals surface area (Å²) < 4.78 is 33.8. The van der Waals surface area contributed by atoms with Crippen molar-refractivity contribution in [2.75, 3.05) is 5.32 Å². The molecule has 1 N–H and O–H groups in total. The highest BCUT2D eigenvalue weighted by molar-refractivity contribution is 7.87. The number of nitrogens with one attached hydrogen (secondary N) is 1. The summed E-state index contributed by atoms with van der Waals surface area (Å²) in [5, 5.41) is 4.14. The third-order valence-electron chi connectivity index (χ3n) is 5.65. The molecule has 0 aliphatic heterocycles. The molecular formula is C28H32ClN3O3S. The fourth-order valence-electron chi connectivity index (χ4n) is 4.65. The molecule has 0 unspecified atom stereocenters. The minimum atomic E-state index is -4.08. The summed E-state index contributed by atoms with van der Waals surface area (Å²) in [6.45, 7) is 13.0. The van der Waals surface area contributed by atoms with Gasteiger partial charge < -0.3 is 9.50 Å². The van der Waals surface area contributed by atoms with Crippen LogP contribution in [0.1, 0.15) is 46.6 Å². The van der Waals surface area contributed by atoms with Crippen LogP contribution in [0.2, 0.25) is 5.02 Å². The average Bonchev–Trinajstić information content (AvgIpc) is 3.08. The summed E-state index contributed by atoms with van der Waals surface area (Å²) in [4.78, 5) is 4.93. The zero-order chi connectivity index (χ0) is 26.3. The summed E-state index contributed by atoms with van der Waals surface area (Å²) in [5.41, 5.74) is 2.86. The number of nitrogens with zero attached hydrogens (tertiary/aromatic N) is 2. The number of para-hydroxylation sites is 1. The molecule has 0 spiro atoms. The lowest BCUT2D eigenvalue weighted by molar-refractivity contribution is 0.302. The smallest absolute Gasteiger partial charge is 0.339 e. The van der Waals surface area contributed by atoms with Gasteiger partial charge in [0.15, 0.2) is 5.75 Å². The molecule has 0 atom stereocenters. The van der Waals surface area contributed by atoms with E-state index in [0.29, 0.717) is 16.3 Å². The number of imidazole rings is 1. The second-order valence-corrected chi connectivity index (χ2v) is 13.0. The van der Waals surface area contributed by atoms with Crippen LogP contribution in [-0.2, 0) is 10.1 Å². The lowest BCUT2D eigenvalue weighted by atomic mass is 9.82. The topological polar surface area (TPSA) is 72.7 Å². The maximum Gasteiger partial charge on any atom is 0.339 e. The second-order valence-electron chi connectivity index (χ2n) is 11.0. The molecule has 0 bridgehead atoms. The predicted molar refractivity (Wildman–Crippen MR) is 146 cm³/mol. The number of fused-ring (bicyclic) bond motifs is 1. The van der Waals surface area contributed by atoms with Gasteiger partial charge in [-0.15, -0.1) is 0 Å². The summed E-state index contributed by atoms with van der Waals surface area (Å²) in [6.07, 6.45) is 2.88. The average molecular weight is 526 g/mol. The van der Waals surface area contributed by atoms with Gasteiger partial charge in [-0.1, -0.05) is 44.5 Å². The lowest BCUT2D eigenvalue weighted by Gasteiger charge is -2.34. The molecule has 4 rings (SSSR count). The van der Waals surface area contributed by atoms with Crippen molar-refractivity contribution in [2.24, 2.45) is 5.41 Å². The number of aromatic nitrogens is 2. The Morgan fingerprint density at radius 3 is 2.33 bits per heavy atom. The van der Waals surface area contributed by atoms with E-state index in [4.69, 9.17) is 20.8 Å². The Morgan fingerprint density at radius 1 is 1.00 bits per heavy atom. The van der Waals surface area contributed by atoms with Crippen molar-refractivity contribution in [3.63, 3.8) is 0 Å². The van der Waals surface area contributed by atoms with E-state index in [0.717, 1.165) is 23.4 Å². The van der Waals surface area contributed by atoms with Crippen LogP contribution in [0.4, 0.5) is 5.82 Å². The molecule has 2 aromatic heterocycles. The minimum absolute atomic E-state index is 0.0250. The number of pyridine rings is 1. The molecule has 6 nitrogen and oxygen atoms in total. The lowest BCUT2D eigenvalue weighted by Crippen LogP contribution is -2.36. The minimum Gasteiger partial charge on any atom is -0.378 e. The molecule has 2 heterocycles. The Morgan fingerprint density at radius 2 is 1.67 bits per heavy atom. The van der Waals surface area contributed by atoms with Crippen LogP contribution in [0.15, 0.2) is 71.8 Å². The normalized spacial score (nSPS) is 12.6. The molecular weight excluding hydrogens is 494 g/mol. The van der Waals surface area contributed by atoms with Crippen LogP contribution in [0.25, 0.3) is 16.9 Å². The first-order chi connectivity index (χ1) is 16.7. The maximum atomic E-state index is 13.1. The van der Waals surface area contributed by atoms with Gasteiger partial charge in [0, 0.05) is 22.3 Å². The molecule has 0 radical (unpaired) electrons. The van der Waals surface area contributed by atoms with Crippen LogP contribution in [-0.4, -0.2) is 23.3 Å². The number of hydrogen-bond donors (Lipinski definition) is 1. The highest BCUT2D eigenvalue weighted by Gasteiger charge is 2.29. The van der Waals surface area contributed by atoms with E-state index in [2.05, 4.69) is 39.9 Å². The molecule has 2 aromatic carbocycles. The van der Waals surface area contributed by atoms with Crippen molar-refractivity contribution in [1.29, 1.82) is 0 Å². The molecule has 0 saturated heterocycles. The molecule has 0 amide bonds. The van der Waals surface area contributed by atoms with Crippen LogP contribution < -0.4 is 9.50 Å². The number of halogens is 1. The molecule has 0 fully saturated rings. The van der Waals surface area contributed by atoms with Gasteiger partial charge in [-0.2, -0.15) is 8.42 Å². The first-order valence-corrected chi connectivity index (χ1v) is 13.6. The quantitative estimate of drug-likeness (QED) is 0.255. The Bertz CT molecular complexity index is 1500. The van der Waals surface area contributed by atoms with Crippen molar-refractivity contribution < 1.29 is 12.6 Å². The first kappa shape index (κ1) is 26.0. The van der Waals surface area contributed by atoms with Crippen molar-refractivity contribution in [3.8, 4) is 17.0 Å². The third-order valence-corrected chi connectivity index (χ3v) is 7.16. The Kier molecular flexibility index (Phi) is 6.84. The Labute approximate surface area is 218 Å². The highest BCUT2D eigenvalue weighted by Crippen LogP contribution is 2.39. The van der Waals surface area contributed by atoms with E-state index in [-0.39, 0.29) is 21.6 Å². The van der Waals surface area contributed by atoms with Gasteiger partial charge in [-0.25, -0.2) is 4.98 Å². The maximum absolute atomic E-state index is 13.1. The molecule has 36 heavy (non-hydrogen) atoms. The summed E-state index contributed by atoms with van der Waals surface area (Å²) >= 11 is 5.93. The van der Waals surface area contributed by atoms with Gasteiger partial charge in [0.25, 0.3) is 0 Å². The van der Waals surface area contributed by atoms with Gasteiger partial charge in [0.05, 0.1) is 0 Å². The second kappa shape index (κ2) is 9.45. The molecule has 8 heteroatoms. The molecule has 190 valence electrons. The summed E-state index contributed by atoms with van der Waals surface area (Å²) in [6, 6.07) is 17.0.